The monoisotopic (exact) mass is 246 g/mol. The van der Waals surface area contributed by atoms with Crippen molar-refractivity contribution in [2.45, 2.75) is 26.2 Å². The molecule has 18 heavy (non-hydrogen) atoms. The van der Waals surface area contributed by atoms with Gasteiger partial charge in [0, 0.05) is 16.2 Å². The molecule has 0 aliphatic carbocycles. The third kappa shape index (κ3) is 2.10. The van der Waals surface area contributed by atoms with Crippen LogP contribution in [0, 0.1) is 0 Å². The average molecular weight is 246 g/mol. The van der Waals surface area contributed by atoms with E-state index in [1.165, 1.54) is 0 Å². The minimum atomic E-state index is -0.0634. The summed E-state index contributed by atoms with van der Waals surface area (Å²) in [6, 6.07) is 3.89. The van der Waals surface area contributed by atoms with Gasteiger partial charge in [0.2, 0.25) is 0 Å². The maximum atomic E-state index is 5.34. The van der Waals surface area contributed by atoms with Gasteiger partial charge in [-0.25, -0.2) is 0 Å². The summed E-state index contributed by atoms with van der Waals surface area (Å²) in [7, 11) is 3.26. The Labute approximate surface area is 107 Å². The fourth-order valence-electron chi connectivity index (χ4n) is 1.96. The number of ether oxygens (including phenoxy) is 2. The Balaban J connectivity index is 2.77. The third-order valence-electron chi connectivity index (χ3n) is 2.88. The Kier molecular flexibility index (Phi) is 3.11. The van der Waals surface area contributed by atoms with Crippen LogP contribution in [0.5, 0.6) is 11.5 Å². The zero-order valence-corrected chi connectivity index (χ0v) is 11.4. The van der Waals surface area contributed by atoms with Crippen LogP contribution >= 0.6 is 0 Å². The molecule has 0 saturated carbocycles. The Morgan fingerprint density at radius 1 is 1.00 bits per heavy atom. The van der Waals surface area contributed by atoms with E-state index < -0.39 is 0 Å². The van der Waals surface area contributed by atoms with E-state index in [1.54, 1.807) is 20.4 Å². The second-order valence-corrected chi connectivity index (χ2v) is 5.24. The highest BCUT2D eigenvalue weighted by atomic mass is 16.5. The number of methoxy groups -OCH3 is 2. The van der Waals surface area contributed by atoms with Crippen LogP contribution < -0.4 is 9.47 Å². The highest BCUT2D eigenvalue weighted by Crippen LogP contribution is 2.35. The van der Waals surface area contributed by atoms with Gasteiger partial charge in [-0.15, -0.1) is 0 Å². The largest absolute Gasteiger partial charge is 0.493 e. The number of benzene rings is 1. The predicted octanol–water partition coefficient (Wildman–Crippen LogP) is 2.94. The standard InChI is InChI=1S/C14H18N2O2/c1-14(2,3)13-10-7-12(18-5)11(17-4)6-9(10)8-15-16-13/h6-8H,1-5H3. The smallest absolute Gasteiger partial charge is 0.161 e. The van der Waals surface area contributed by atoms with E-state index in [0.29, 0.717) is 11.5 Å². The first-order valence-corrected chi connectivity index (χ1v) is 5.85. The predicted molar refractivity (Wildman–Crippen MR) is 71.3 cm³/mol. The third-order valence-corrected chi connectivity index (χ3v) is 2.88. The molecule has 2 rings (SSSR count). The molecule has 1 aromatic carbocycles. The summed E-state index contributed by atoms with van der Waals surface area (Å²) in [4.78, 5) is 0. The summed E-state index contributed by atoms with van der Waals surface area (Å²) >= 11 is 0. The van der Waals surface area contributed by atoms with Crippen LogP contribution in [-0.4, -0.2) is 24.4 Å². The van der Waals surface area contributed by atoms with Crippen molar-refractivity contribution in [3.8, 4) is 11.5 Å². The molecule has 4 nitrogen and oxygen atoms in total. The van der Waals surface area contributed by atoms with Gasteiger partial charge in [0.05, 0.1) is 26.1 Å². The summed E-state index contributed by atoms with van der Waals surface area (Å²) in [6.07, 6.45) is 1.74. The quantitative estimate of drug-likeness (QED) is 0.817. The molecule has 0 N–H and O–H groups in total. The summed E-state index contributed by atoms with van der Waals surface area (Å²) in [5.74, 6) is 1.42. The lowest BCUT2D eigenvalue weighted by Gasteiger charge is -2.19. The van der Waals surface area contributed by atoms with E-state index in [0.717, 1.165) is 16.5 Å². The molecule has 0 fully saturated rings. The Morgan fingerprint density at radius 2 is 1.61 bits per heavy atom. The Hall–Kier alpha value is -1.84. The van der Waals surface area contributed by atoms with Crippen LogP contribution in [0.1, 0.15) is 26.5 Å². The number of aromatic nitrogens is 2. The van der Waals surface area contributed by atoms with Crippen LogP contribution in [-0.2, 0) is 5.41 Å². The Bertz CT molecular complexity index is 574. The first-order valence-electron chi connectivity index (χ1n) is 5.85. The zero-order chi connectivity index (χ0) is 13.3. The molecular weight excluding hydrogens is 228 g/mol. The zero-order valence-electron chi connectivity index (χ0n) is 11.4. The first kappa shape index (κ1) is 12.6. The molecule has 96 valence electrons. The van der Waals surface area contributed by atoms with Crippen LogP contribution in [0.15, 0.2) is 18.3 Å². The van der Waals surface area contributed by atoms with Crippen molar-refractivity contribution in [1.82, 2.24) is 10.2 Å². The molecule has 0 amide bonds. The van der Waals surface area contributed by atoms with Gasteiger partial charge < -0.3 is 9.47 Å². The molecule has 2 aromatic rings. The minimum absolute atomic E-state index is 0.0634. The lowest BCUT2D eigenvalue weighted by atomic mass is 9.89. The van der Waals surface area contributed by atoms with E-state index in [9.17, 15) is 0 Å². The van der Waals surface area contributed by atoms with E-state index in [-0.39, 0.29) is 5.41 Å². The lowest BCUT2D eigenvalue weighted by Crippen LogP contribution is -2.15. The molecule has 1 aromatic heterocycles. The first-order chi connectivity index (χ1) is 8.47. The number of nitrogens with zero attached hydrogens (tertiary/aromatic N) is 2. The van der Waals surface area contributed by atoms with Crippen molar-refractivity contribution in [3.63, 3.8) is 0 Å². The van der Waals surface area contributed by atoms with Crippen LogP contribution in [0.4, 0.5) is 0 Å². The SMILES string of the molecule is COc1cc2cnnc(C(C)(C)C)c2cc1OC. The lowest BCUT2D eigenvalue weighted by molar-refractivity contribution is 0.355. The van der Waals surface area contributed by atoms with Crippen molar-refractivity contribution < 1.29 is 9.47 Å². The average Bonchev–Trinajstić information content (AvgIpc) is 2.35. The van der Waals surface area contributed by atoms with Crippen molar-refractivity contribution in [1.29, 1.82) is 0 Å². The van der Waals surface area contributed by atoms with Gasteiger partial charge in [-0.2, -0.15) is 10.2 Å². The van der Waals surface area contributed by atoms with Gasteiger partial charge in [0.15, 0.2) is 11.5 Å². The molecule has 0 spiro atoms. The number of hydrogen-bond acceptors (Lipinski definition) is 4. The van der Waals surface area contributed by atoms with Crippen LogP contribution in [0.2, 0.25) is 0 Å². The molecule has 0 atom stereocenters. The van der Waals surface area contributed by atoms with E-state index in [2.05, 4.69) is 31.0 Å². The van der Waals surface area contributed by atoms with Gasteiger partial charge in [-0.1, -0.05) is 20.8 Å². The van der Waals surface area contributed by atoms with Crippen LogP contribution in [0.25, 0.3) is 10.8 Å². The molecule has 1 heterocycles. The molecule has 0 aliphatic heterocycles. The summed E-state index contributed by atoms with van der Waals surface area (Å²) < 4.78 is 10.6. The van der Waals surface area contributed by atoms with Gasteiger partial charge >= 0.3 is 0 Å². The van der Waals surface area contributed by atoms with Gasteiger partial charge in [0.25, 0.3) is 0 Å². The van der Waals surface area contributed by atoms with Crippen molar-refractivity contribution in [2.24, 2.45) is 0 Å². The highest BCUT2D eigenvalue weighted by molar-refractivity contribution is 5.87. The van der Waals surface area contributed by atoms with Gasteiger partial charge in [0.1, 0.15) is 0 Å². The van der Waals surface area contributed by atoms with Crippen molar-refractivity contribution >= 4 is 10.8 Å². The molecule has 0 radical (unpaired) electrons. The number of rotatable bonds is 2. The van der Waals surface area contributed by atoms with Gasteiger partial charge in [-0.3, -0.25) is 0 Å². The maximum Gasteiger partial charge on any atom is 0.161 e. The van der Waals surface area contributed by atoms with E-state index in [4.69, 9.17) is 9.47 Å². The number of hydrogen-bond donors (Lipinski definition) is 0. The normalized spacial score (nSPS) is 11.6. The highest BCUT2D eigenvalue weighted by Gasteiger charge is 2.20. The van der Waals surface area contributed by atoms with Crippen LogP contribution in [0.3, 0.4) is 0 Å². The molecule has 4 heteroatoms. The number of fused-ring (bicyclic) bond motifs is 1. The molecular formula is C14H18N2O2. The second kappa shape index (κ2) is 4.44. The second-order valence-electron chi connectivity index (χ2n) is 5.24. The van der Waals surface area contributed by atoms with Crippen molar-refractivity contribution in [2.75, 3.05) is 14.2 Å². The van der Waals surface area contributed by atoms with E-state index in [1.807, 2.05) is 12.1 Å². The topological polar surface area (TPSA) is 44.2 Å². The fraction of sp³-hybridized carbons (Fsp3) is 0.429. The summed E-state index contributed by atoms with van der Waals surface area (Å²) in [5.41, 5.74) is 0.896. The van der Waals surface area contributed by atoms with Crippen molar-refractivity contribution in [3.05, 3.63) is 24.0 Å². The van der Waals surface area contributed by atoms with Gasteiger partial charge in [-0.05, 0) is 12.1 Å². The minimum Gasteiger partial charge on any atom is -0.493 e. The molecule has 0 unspecified atom stereocenters. The molecule has 0 bridgehead atoms. The Morgan fingerprint density at radius 3 is 2.17 bits per heavy atom. The van der Waals surface area contributed by atoms with E-state index >= 15 is 0 Å². The fourth-order valence-corrected chi connectivity index (χ4v) is 1.96. The summed E-state index contributed by atoms with van der Waals surface area (Å²) in [5, 5.41) is 10.4. The molecule has 0 saturated heterocycles. The molecule has 0 aliphatic rings. The summed E-state index contributed by atoms with van der Waals surface area (Å²) in [6.45, 7) is 6.35. The maximum absolute atomic E-state index is 5.34.